The van der Waals surface area contributed by atoms with E-state index in [1.54, 1.807) is 4.31 Å². The number of rotatable bonds is 6. The molecule has 0 atom stereocenters. The molecule has 2 aromatic rings. The fourth-order valence-corrected chi connectivity index (χ4v) is 5.68. The summed E-state index contributed by atoms with van der Waals surface area (Å²) in [6.45, 7) is 4.11. The van der Waals surface area contributed by atoms with Gasteiger partial charge in [0.05, 0.1) is 4.90 Å². The minimum atomic E-state index is -3.03. The number of anilines is 1. The summed E-state index contributed by atoms with van der Waals surface area (Å²) in [4.78, 5) is 17.3. The normalized spacial score (nSPS) is 18.6. The molecule has 2 saturated heterocycles. The largest absolute Gasteiger partial charge is 0.372 e. The predicted octanol–water partition coefficient (Wildman–Crippen LogP) is 4.09. The minimum Gasteiger partial charge on any atom is -0.372 e. The lowest BCUT2D eigenvalue weighted by molar-refractivity contribution is -0.132. The number of nitrogens with zero attached hydrogens (tertiary/aromatic N) is 3. The van der Waals surface area contributed by atoms with E-state index in [4.69, 9.17) is 0 Å². The third-order valence-corrected chi connectivity index (χ3v) is 8.04. The molecule has 0 bridgehead atoms. The van der Waals surface area contributed by atoms with Gasteiger partial charge in [0.15, 0.2) is 0 Å². The highest BCUT2D eigenvalue weighted by Gasteiger charge is 2.30. The molecule has 4 rings (SSSR count). The molecule has 162 valence electrons. The van der Waals surface area contributed by atoms with Crippen molar-refractivity contribution in [3.05, 3.63) is 60.2 Å². The molecule has 2 aromatic carbocycles. The van der Waals surface area contributed by atoms with Crippen LogP contribution in [0.25, 0.3) is 0 Å². The molecule has 1 amide bonds. The van der Waals surface area contributed by atoms with Gasteiger partial charge in [-0.2, -0.15) is 4.31 Å². The average molecular weight is 430 g/mol. The summed E-state index contributed by atoms with van der Waals surface area (Å²) in [5, 5.41) is 0. The van der Waals surface area contributed by atoms with E-state index in [0.717, 1.165) is 30.8 Å². The summed E-state index contributed by atoms with van der Waals surface area (Å²) in [6, 6.07) is 17.7. The molecule has 0 aromatic heterocycles. The average Bonchev–Trinajstić information content (AvgIpc) is 3.33. The highest BCUT2D eigenvalue weighted by atomic mass is 32.3. The lowest BCUT2D eigenvalue weighted by atomic mass is 10.1. The smallest absolute Gasteiger partial charge is 0.222 e. The van der Waals surface area contributed by atoms with Crippen LogP contribution in [0.2, 0.25) is 0 Å². The van der Waals surface area contributed by atoms with E-state index in [2.05, 4.69) is 4.90 Å². The maximum atomic E-state index is 12.5. The summed E-state index contributed by atoms with van der Waals surface area (Å²) in [5.41, 5.74) is 2.30. The van der Waals surface area contributed by atoms with E-state index < -0.39 is 10.8 Å². The Hall–Kier alpha value is -2.06. The van der Waals surface area contributed by atoms with E-state index in [1.807, 2.05) is 59.5 Å². The van der Waals surface area contributed by atoms with E-state index >= 15 is 0 Å². The first-order chi connectivity index (χ1) is 14.5. The van der Waals surface area contributed by atoms with Crippen molar-refractivity contribution in [2.24, 2.45) is 0 Å². The summed E-state index contributed by atoms with van der Waals surface area (Å²) in [5.74, 6) is 0.130. The number of amides is 1. The molecule has 30 heavy (non-hydrogen) atoms. The summed E-state index contributed by atoms with van der Waals surface area (Å²) in [7, 11) is -3.03. The molecule has 2 fully saturated rings. The number of hydrogen-bond donors (Lipinski definition) is 2. The number of carbonyl (C=O) groups is 1. The van der Waals surface area contributed by atoms with E-state index in [0.29, 0.717) is 37.5 Å². The Morgan fingerprint density at radius 2 is 1.47 bits per heavy atom. The van der Waals surface area contributed by atoms with Crippen LogP contribution in [-0.4, -0.2) is 63.5 Å². The predicted molar refractivity (Wildman–Crippen MR) is 122 cm³/mol. The number of benzene rings is 2. The molecule has 2 aliphatic heterocycles. The van der Waals surface area contributed by atoms with Gasteiger partial charge in [-0.05, 0) is 49.1 Å². The Labute approximate surface area is 180 Å². The van der Waals surface area contributed by atoms with Crippen LogP contribution in [0.4, 0.5) is 5.69 Å². The molecule has 0 aliphatic carbocycles. The van der Waals surface area contributed by atoms with Crippen molar-refractivity contribution in [1.29, 1.82) is 0 Å². The van der Waals surface area contributed by atoms with E-state index in [9.17, 15) is 13.9 Å². The second-order valence-electron chi connectivity index (χ2n) is 8.00. The van der Waals surface area contributed by atoms with Crippen molar-refractivity contribution in [3.63, 3.8) is 0 Å². The van der Waals surface area contributed by atoms with Gasteiger partial charge in [0.1, 0.15) is 0 Å². The topological polar surface area (TPSA) is 67.2 Å². The SMILES string of the molecule is O=C(CCc1ccccc1)N1CCN(S(O)(O)c2ccc(N3CCCC3)cc2)CC1. The molecule has 7 heteroatoms. The zero-order valence-electron chi connectivity index (χ0n) is 17.3. The van der Waals surface area contributed by atoms with Crippen molar-refractivity contribution < 1.29 is 13.9 Å². The van der Waals surface area contributed by atoms with E-state index in [1.165, 1.54) is 12.8 Å². The first-order valence-electron chi connectivity index (χ1n) is 10.7. The molecule has 0 spiro atoms. The van der Waals surface area contributed by atoms with Gasteiger partial charge >= 0.3 is 0 Å². The molecular weight excluding hydrogens is 398 g/mol. The quantitative estimate of drug-likeness (QED) is 0.724. The Kier molecular flexibility index (Phi) is 6.63. The molecule has 2 heterocycles. The number of carbonyl (C=O) groups excluding carboxylic acids is 1. The minimum absolute atomic E-state index is 0.130. The second kappa shape index (κ2) is 9.39. The zero-order chi connectivity index (χ0) is 21.0. The van der Waals surface area contributed by atoms with Crippen molar-refractivity contribution in [3.8, 4) is 0 Å². The van der Waals surface area contributed by atoms with Crippen LogP contribution in [0, 0.1) is 0 Å². The van der Waals surface area contributed by atoms with Crippen LogP contribution in [0.1, 0.15) is 24.8 Å². The second-order valence-corrected chi connectivity index (χ2v) is 10.0. The summed E-state index contributed by atoms with van der Waals surface area (Å²) >= 11 is 0. The molecule has 2 aliphatic rings. The third kappa shape index (κ3) is 4.81. The third-order valence-electron chi connectivity index (χ3n) is 6.05. The van der Waals surface area contributed by atoms with Crippen molar-refractivity contribution in [2.75, 3.05) is 44.2 Å². The Bertz CT molecular complexity index is 831. The molecule has 6 nitrogen and oxygen atoms in total. The van der Waals surface area contributed by atoms with Crippen LogP contribution in [-0.2, 0) is 11.2 Å². The Morgan fingerprint density at radius 3 is 2.10 bits per heavy atom. The van der Waals surface area contributed by atoms with Crippen LogP contribution in [0.5, 0.6) is 0 Å². The zero-order valence-corrected chi connectivity index (χ0v) is 18.1. The van der Waals surface area contributed by atoms with Gasteiger partial charge in [-0.25, -0.2) is 0 Å². The van der Waals surface area contributed by atoms with Crippen LogP contribution >= 0.6 is 10.8 Å². The van der Waals surface area contributed by atoms with Crippen molar-refractivity contribution >= 4 is 22.4 Å². The fourth-order valence-electron chi connectivity index (χ4n) is 4.21. The van der Waals surface area contributed by atoms with Crippen LogP contribution in [0.15, 0.2) is 59.5 Å². The number of hydrogen-bond acceptors (Lipinski definition) is 5. The van der Waals surface area contributed by atoms with Gasteiger partial charge < -0.3 is 9.80 Å². The first-order valence-corrected chi connectivity index (χ1v) is 12.2. The van der Waals surface area contributed by atoms with Crippen molar-refractivity contribution in [1.82, 2.24) is 9.21 Å². The molecular formula is C23H31N3O3S. The van der Waals surface area contributed by atoms with Gasteiger partial charge in [-0.1, -0.05) is 30.3 Å². The lowest BCUT2D eigenvalue weighted by Crippen LogP contribution is -2.49. The standard InChI is InChI=1S/C23H31N3O3S/c27-23(13-8-20-6-2-1-3-7-20)25-16-18-26(19-17-25)30(28,29)22-11-9-21(10-12-22)24-14-4-5-15-24/h1-3,6-7,9-12,28-29H,4-5,8,13-19H2. The maximum absolute atomic E-state index is 12.5. The van der Waals surface area contributed by atoms with Gasteiger partial charge in [0.25, 0.3) is 0 Å². The highest BCUT2D eigenvalue weighted by Crippen LogP contribution is 2.52. The number of aryl methyl sites for hydroxylation is 1. The van der Waals surface area contributed by atoms with Crippen LogP contribution in [0.3, 0.4) is 0 Å². The Balaban J connectivity index is 1.30. The molecule has 0 radical (unpaired) electrons. The van der Waals surface area contributed by atoms with Gasteiger partial charge in [0.2, 0.25) is 5.91 Å². The van der Waals surface area contributed by atoms with Gasteiger partial charge in [-0.3, -0.25) is 13.9 Å². The van der Waals surface area contributed by atoms with E-state index in [-0.39, 0.29) is 5.91 Å². The van der Waals surface area contributed by atoms with Crippen molar-refractivity contribution in [2.45, 2.75) is 30.6 Å². The molecule has 0 unspecified atom stereocenters. The highest BCUT2D eigenvalue weighted by molar-refractivity contribution is 8.22. The summed E-state index contributed by atoms with van der Waals surface area (Å²) in [6.07, 6.45) is 3.65. The maximum Gasteiger partial charge on any atom is 0.222 e. The molecule has 2 N–H and O–H groups in total. The van der Waals surface area contributed by atoms with Gasteiger partial charge in [-0.15, -0.1) is 10.8 Å². The first kappa shape index (κ1) is 21.2. The lowest BCUT2D eigenvalue weighted by Gasteiger charge is -2.46. The van der Waals surface area contributed by atoms with Gasteiger partial charge in [0, 0.05) is 51.4 Å². The monoisotopic (exact) mass is 429 g/mol. The fraction of sp³-hybridized carbons (Fsp3) is 0.435. The summed E-state index contributed by atoms with van der Waals surface area (Å²) < 4.78 is 23.5. The van der Waals surface area contributed by atoms with Crippen LogP contribution < -0.4 is 4.90 Å². The molecule has 0 saturated carbocycles. The Morgan fingerprint density at radius 1 is 0.833 bits per heavy atom. The number of piperazine rings is 1.